The fourth-order valence-electron chi connectivity index (χ4n) is 2.32. The Bertz CT molecular complexity index is 858. The van der Waals surface area contributed by atoms with Crippen LogP contribution in [0.4, 0.5) is 0 Å². The molecule has 3 aromatic rings. The summed E-state index contributed by atoms with van der Waals surface area (Å²) in [6.07, 6.45) is 0.776. The Morgan fingerprint density at radius 3 is 2.50 bits per heavy atom. The predicted octanol–water partition coefficient (Wildman–Crippen LogP) is 5.46. The van der Waals surface area contributed by atoms with Crippen molar-refractivity contribution >= 4 is 48.6 Å². The quantitative estimate of drug-likeness (QED) is 0.569. The Balaban J connectivity index is 2.15. The molecule has 0 amide bonds. The summed E-state index contributed by atoms with van der Waals surface area (Å²) >= 11 is 6.49. The number of carbonyl (C=O) groups excluding carboxylic acids is 1. The lowest BCUT2D eigenvalue weighted by Gasteiger charge is -2.06. The van der Waals surface area contributed by atoms with Crippen LogP contribution in [-0.4, -0.2) is 10.9 Å². The van der Waals surface area contributed by atoms with E-state index in [0.717, 1.165) is 17.6 Å². The molecule has 0 atom stereocenters. The molecule has 0 bridgehead atoms. The fraction of sp³-hybridized carbons (Fsp3) is 0.118. The molecule has 0 unspecified atom stereocenters. The van der Waals surface area contributed by atoms with Crippen LogP contribution in [0.2, 0.25) is 0 Å². The first-order valence-electron chi connectivity index (χ1n) is 6.75. The van der Waals surface area contributed by atoms with Gasteiger partial charge in [-0.2, -0.15) is 0 Å². The van der Waals surface area contributed by atoms with E-state index in [9.17, 15) is 9.90 Å². The number of hydrogen-bond acceptors (Lipinski definition) is 3. The van der Waals surface area contributed by atoms with Crippen molar-refractivity contribution in [1.82, 2.24) is 0 Å². The molecule has 0 aliphatic heterocycles. The highest BCUT2D eigenvalue weighted by molar-refractivity contribution is 9.11. The lowest BCUT2D eigenvalue weighted by molar-refractivity contribution is 0.103. The van der Waals surface area contributed by atoms with Crippen LogP contribution in [0.3, 0.4) is 0 Å². The van der Waals surface area contributed by atoms with Gasteiger partial charge in [0, 0.05) is 17.4 Å². The van der Waals surface area contributed by atoms with Gasteiger partial charge in [0.15, 0.2) is 5.78 Å². The van der Waals surface area contributed by atoms with Gasteiger partial charge in [0.25, 0.3) is 0 Å². The van der Waals surface area contributed by atoms with Gasteiger partial charge in [-0.15, -0.1) is 0 Å². The molecule has 0 spiro atoms. The number of rotatable bonds is 3. The molecule has 0 fully saturated rings. The molecule has 1 heterocycles. The van der Waals surface area contributed by atoms with Crippen LogP contribution in [0.1, 0.15) is 28.6 Å². The smallest absolute Gasteiger partial charge is 0.196 e. The summed E-state index contributed by atoms with van der Waals surface area (Å²) < 4.78 is 6.71. The SMILES string of the molecule is CCc1cc2cccc(C(=O)c3cc(Br)c(O)c(Br)c3)c2o1. The van der Waals surface area contributed by atoms with Gasteiger partial charge in [0.05, 0.1) is 14.5 Å². The number of aryl methyl sites for hydroxylation is 1. The average Bonchev–Trinajstić information content (AvgIpc) is 2.94. The molecule has 1 N–H and O–H groups in total. The van der Waals surface area contributed by atoms with Crippen LogP contribution in [0.25, 0.3) is 11.0 Å². The lowest BCUT2D eigenvalue weighted by atomic mass is 10.0. The monoisotopic (exact) mass is 422 g/mol. The number of phenolic OH excluding ortho intramolecular Hbond substituents is 1. The summed E-state index contributed by atoms with van der Waals surface area (Å²) in [5.74, 6) is 0.772. The molecule has 0 aliphatic carbocycles. The molecule has 0 saturated carbocycles. The maximum absolute atomic E-state index is 12.8. The van der Waals surface area contributed by atoms with Crippen molar-refractivity contribution in [3.63, 3.8) is 0 Å². The summed E-state index contributed by atoms with van der Waals surface area (Å²) in [5.41, 5.74) is 1.59. The number of furan rings is 1. The van der Waals surface area contributed by atoms with E-state index in [2.05, 4.69) is 31.9 Å². The number of hydrogen-bond donors (Lipinski definition) is 1. The van der Waals surface area contributed by atoms with Gasteiger partial charge in [0.1, 0.15) is 17.1 Å². The summed E-state index contributed by atoms with van der Waals surface area (Å²) in [4.78, 5) is 12.8. The minimum atomic E-state index is -0.149. The van der Waals surface area contributed by atoms with Gasteiger partial charge in [0.2, 0.25) is 0 Å². The van der Waals surface area contributed by atoms with Crippen molar-refractivity contribution in [2.45, 2.75) is 13.3 Å². The van der Waals surface area contributed by atoms with E-state index in [0.29, 0.717) is 25.7 Å². The van der Waals surface area contributed by atoms with Crippen molar-refractivity contribution in [2.75, 3.05) is 0 Å². The molecule has 0 saturated heterocycles. The van der Waals surface area contributed by atoms with Crippen molar-refractivity contribution < 1.29 is 14.3 Å². The summed E-state index contributed by atoms with van der Waals surface area (Å²) in [5, 5.41) is 10.7. The molecule has 2 aromatic carbocycles. The molecular weight excluding hydrogens is 412 g/mol. The Morgan fingerprint density at radius 2 is 1.86 bits per heavy atom. The van der Waals surface area contributed by atoms with Gasteiger partial charge in [-0.25, -0.2) is 0 Å². The number of ketones is 1. The lowest BCUT2D eigenvalue weighted by Crippen LogP contribution is -2.02. The predicted molar refractivity (Wildman–Crippen MR) is 92.5 cm³/mol. The number of fused-ring (bicyclic) bond motifs is 1. The zero-order valence-corrected chi connectivity index (χ0v) is 14.9. The molecular formula is C17H12Br2O3. The highest BCUT2D eigenvalue weighted by Crippen LogP contribution is 2.34. The summed E-state index contributed by atoms with van der Waals surface area (Å²) in [6, 6.07) is 10.7. The van der Waals surface area contributed by atoms with E-state index >= 15 is 0 Å². The maximum Gasteiger partial charge on any atom is 0.196 e. The second-order valence-corrected chi connectivity index (χ2v) is 6.62. The number of halogens is 2. The van der Waals surface area contributed by atoms with Crippen LogP contribution >= 0.6 is 31.9 Å². The maximum atomic E-state index is 12.8. The molecule has 1 aromatic heterocycles. The molecule has 112 valence electrons. The van der Waals surface area contributed by atoms with Gasteiger partial charge >= 0.3 is 0 Å². The number of benzene rings is 2. The number of aromatic hydroxyl groups is 1. The molecule has 5 heteroatoms. The second-order valence-electron chi connectivity index (χ2n) is 4.91. The van der Waals surface area contributed by atoms with E-state index in [1.165, 1.54) is 0 Å². The Morgan fingerprint density at radius 1 is 1.18 bits per heavy atom. The van der Waals surface area contributed by atoms with E-state index in [1.54, 1.807) is 18.2 Å². The average molecular weight is 424 g/mol. The first-order chi connectivity index (χ1) is 10.5. The molecule has 3 rings (SSSR count). The fourth-order valence-corrected chi connectivity index (χ4v) is 3.51. The zero-order chi connectivity index (χ0) is 15.9. The first kappa shape index (κ1) is 15.3. The number of phenols is 1. The summed E-state index contributed by atoms with van der Waals surface area (Å²) in [7, 11) is 0. The van der Waals surface area contributed by atoms with Gasteiger partial charge in [-0.3, -0.25) is 4.79 Å². The van der Waals surface area contributed by atoms with Crippen LogP contribution in [0.15, 0.2) is 49.8 Å². The molecule has 0 radical (unpaired) electrons. The largest absolute Gasteiger partial charge is 0.506 e. The van der Waals surface area contributed by atoms with E-state index in [1.807, 2.05) is 25.1 Å². The van der Waals surface area contributed by atoms with Crippen molar-refractivity contribution in [2.24, 2.45) is 0 Å². The van der Waals surface area contributed by atoms with Crippen LogP contribution in [0, 0.1) is 0 Å². The number of carbonyl (C=O) groups is 1. The zero-order valence-electron chi connectivity index (χ0n) is 11.7. The minimum Gasteiger partial charge on any atom is -0.506 e. The van der Waals surface area contributed by atoms with E-state index in [4.69, 9.17) is 4.42 Å². The topological polar surface area (TPSA) is 50.4 Å². The van der Waals surface area contributed by atoms with Crippen LogP contribution in [0.5, 0.6) is 5.75 Å². The highest BCUT2D eigenvalue weighted by atomic mass is 79.9. The number of para-hydroxylation sites is 1. The molecule has 22 heavy (non-hydrogen) atoms. The third kappa shape index (κ3) is 2.59. The normalized spacial score (nSPS) is 11.0. The van der Waals surface area contributed by atoms with E-state index in [-0.39, 0.29) is 11.5 Å². The third-order valence-electron chi connectivity index (χ3n) is 3.47. The minimum absolute atomic E-state index is 0.0704. The molecule has 0 aliphatic rings. The van der Waals surface area contributed by atoms with Crippen LogP contribution < -0.4 is 0 Å². The third-order valence-corrected chi connectivity index (χ3v) is 4.68. The standard InChI is InChI=1S/C17H12Br2O3/c1-2-11-6-9-4-3-5-12(17(9)22-11)15(20)10-7-13(18)16(21)14(19)8-10/h3-8,21H,2H2,1H3. The van der Waals surface area contributed by atoms with Gasteiger partial charge in [-0.1, -0.05) is 19.1 Å². The van der Waals surface area contributed by atoms with Gasteiger partial charge < -0.3 is 9.52 Å². The Kier molecular flexibility index (Phi) is 4.10. The summed E-state index contributed by atoms with van der Waals surface area (Å²) in [6.45, 7) is 2.01. The Hall–Kier alpha value is -1.59. The van der Waals surface area contributed by atoms with E-state index < -0.39 is 0 Å². The van der Waals surface area contributed by atoms with Crippen molar-refractivity contribution in [1.29, 1.82) is 0 Å². The van der Waals surface area contributed by atoms with Crippen LogP contribution in [-0.2, 0) is 6.42 Å². The van der Waals surface area contributed by atoms with Crippen molar-refractivity contribution in [3.05, 3.63) is 62.2 Å². The first-order valence-corrected chi connectivity index (χ1v) is 8.34. The molecule has 3 nitrogen and oxygen atoms in total. The Labute approximate surface area is 144 Å². The van der Waals surface area contributed by atoms with Gasteiger partial charge in [-0.05, 0) is 56.1 Å². The van der Waals surface area contributed by atoms with Crippen molar-refractivity contribution in [3.8, 4) is 5.75 Å². The highest BCUT2D eigenvalue weighted by Gasteiger charge is 2.18. The second kappa shape index (κ2) is 5.89.